The largest absolute Gasteiger partial charge is 0.325 e. The fraction of sp³-hybridized carbons (Fsp3) is 0.278. The predicted molar refractivity (Wildman–Crippen MR) is 92.8 cm³/mol. The van der Waals surface area contributed by atoms with Crippen molar-refractivity contribution in [3.8, 4) is 0 Å². The number of nitrogens with zero attached hydrogens (tertiary/aromatic N) is 1. The summed E-state index contributed by atoms with van der Waals surface area (Å²) in [5.41, 5.74) is 3.56. The number of hydrogen-bond donors (Lipinski definition) is 1. The maximum absolute atomic E-state index is 12.4. The standard InChI is InChI=1S/C18H19BrN2O/c1-13(18(22)20-17-8-6-16(19)7-9-17)21-11-10-14-4-2-3-5-15(14)12-21/h2-9,13H,10-12H2,1H3,(H,20,22)/t13-/m0/s1. The Labute approximate surface area is 139 Å². The molecular weight excluding hydrogens is 340 g/mol. The summed E-state index contributed by atoms with van der Waals surface area (Å²) in [6, 6.07) is 16.0. The molecule has 4 heteroatoms. The molecule has 0 bridgehead atoms. The van der Waals surface area contributed by atoms with Crippen LogP contribution in [-0.4, -0.2) is 23.4 Å². The van der Waals surface area contributed by atoms with E-state index in [4.69, 9.17) is 0 Å². The lowest BCUT2D eigenvalue weighted by Gasteiger charge is -2.32. The molecule has 22 heavy (non-hydrogen) atoms. The van der Waals surface area contributed by atoms with Crippen LogP contribution in [0, 0.1) is 0 Å². The first-order valence-electron chi connectivity index (χ1n) is 7.51. The lowest BCUT2D eigenvalue weighted by Crippen LogP contribution is -2.44. The van der Waals surface area contributed by atoms with Crippen molar-refractivity contribution in [1.29, 1.82) is 0 Å². The summed E-state index contributed by atoms with van der Waals surface area (Å²) in [6.07, 6.45) is 1.01. The third-order valence-corrected chi connectivity index (χ3v) is 4.73. The number of fused-ring (bicyclic) bond motifs is 1. The lowest BCUT2D eigenvalue weighted by molar-refractivity contribution is -0.121. The summed E-state index contributed by atoms with van der Waals surface area (Å²) in [5, 5.41) is 2.99. The lowest BCUT2D eigenvalue weighted by atomic mass is 9.99. The summed E-state index contributed by atoms with van der Waals surface area (Å²) in [6.45, 7) is 3.74. The van der Waals surface area contributed by atoms with E-state index in [0.29, 0.717) is 0 Å². The fourth-order valence-corrected chi connectivity index (χ4v) is 3.06. The van der Waals surface area contributed by atoms with Gasteiger partial charge >= 0.3 is 0 Å². The molecule has 3 nitrogen and oxygen atoms in total. The molecule has 1 amide bonds. The van der Waals surface area contributed by atoms with Gasteiger partial charge in [0.1, 0.15) is 0 Å². The smallest absolute Gasteiger partial charge is 0.241 e. The summed E-state index contributed by atoms with van der Waals surface area (Å²) < 4.78 is 1.01. The van der Waals surface area contributed by atoms with Crippen LogP contribution < -0.4 is 5.32 Å². The summed E-state index contributed by atoms with van der Waals surface area (Å²) in [4.78, 5) is 14.7. The van der Waals surface area contributed by atoms with Crippen LogP contribution in [0.4, 0.5) is 5.69 Å². The van der Waals surface area contributed by atoms with Crippen LogP contribution >= 0.6 is 15.9 Å². The first kappa shape index (κ1) is 15.3. The van der Waals surface area contributed by atoms with Crippen LogP contribution in [-0.2, 0) is 17.8 Å². The molecule has 114 valence electrons. The summed E-state index contributed by atoms with van der Waals surface area (Å²) in [7, 11) is 0. The van der Waals surface area contributed by atoms with Gasteiger partial charge in [-0.3, -0.25) is 9.69 Å². The Hall–Kier alpha value is -1.65. The first-order valence-corrected chi connectivity index (χ1v) is 8.30. The highest BCUT2D eigenvalue weighted by Gasteiger charge is 2.25. The number of nitrogens with one attached hydrogen (secondary N) is 1. The average molecular weight is 359 g/mol. The van der Waals surface area contributed by atoms with Gasteiger partial charge in [-0.15, -0.1) is 0 Å². The van der Waals surface area contributed by atoms with Crippen molar-refractivity contribution in [3.63, 3.8) is 0 Å². The van der Waals surface area contributed by atoms with Crippen molar-refractivity contribution >= 4 is 27.5 Å². The number of rotatable bonds is 3. The number of carbonyl (C=O) groups is 1. The van der Waals surface area contributed by atoms with Crippen molar-refractivity contribution < 1.29 is 4.79 Å². The molecule has 3 rings (SSSR count). The molecule has 2 aromatic carbocycles. The highest BCUT2D eigenvalue weighted by Crippen LogP contribution is 2.21. The molecule has 1 heterocycles. The maximum atomic E-state index is 12.4. The Bertz CT molecular complexity index is 669. The second-order valence-corrected chi connectivity index (χ2v) is 6.58. The van der Waals surface area contributed by atoms with E-state index in [1.165, 1.54) is 11.1 Å². The molecule has 1 N–H and O–H groups in total. The van der Waals surface area contributed by atoms with Gasteiger partial charge in [-0.25, -0.2) is 0 Å². The van der Waals surface area contributed by atoms with E-state index >= 15 is 0 Å². The van der Waals surface area contributed by atoms with E-state index in [1.54, 1.807) is 0 Å². The van der Waals surface area contributed by atoms with Crippen LogP contribution in [0.5, 0.6) is 0 Å². The number of hydrogen-bond acceptors (Lipinski definition) is 2. The second-order valence-electron chi connectivity index (χ2n) is 5.66. The molecule has 0 fully saturated rings. The van der Waals surface area contributed by atoms with Crippen molar-refractivity contribution in [2.75, 3.05) is 11.9 Å². The Morgan fingerprint density at radius 2 is 1.82 bits per heavy atom. The highest BCUT2D eigenvalue weighted by atomic mass is 79.9. The number of halogens is 1. The molecule has 0 saturated carbocycles. The predicted octanol–water partition coefficient (Wildman–Crippen LogP) is 3.83. The van der Waals surface area contributed by atoms with E-state index < -0.39 is 0 Å². The fourth-order valence-electron chi connectivity index (χ4n) is 2.79. The highest BCUT2D eigenvalue weighted by molar-refractivity contribution is 9.10. The van der Waals surface area contributed by atoms with Gasteiger partial charge in [0.25, 0.3) is 0 Å². The minimum atomic E-state index is -0.142. The number of amides is 1. The van der Waals surface area contributed by atoms with E-state index in [1.807, 2.05) is 31.2 Å². The normalized spacial score (nSPS) is 15.9. The molecule has 1 atom stereocenters. The summed E-state index contributed by atoms with van der Waals surface area (Å²) in [5.74, 6) is 0.0432. The zero-order valence-corrected chi connectivity index (χ0v) is 14.1. The quantitative estimate of drug-likeness (QED) is 0.903. The van der Waals surface area contributed by atoms with Gasteiger partial charge in [0.15, 0.2) is 0 Å². The molecule has 1 aliphatic rings. The maximum Gasteiger partial charge on any atom is 0.241 e. The minimum Gasteiger partial charge on any atom is -0.325 e. The second kappa shape index (κ2) is 6.63. The Kier molecular flexibility index (Phi) is 4.60. The van der Waals surface area contributed by atoms with Gasteiger partial charge in [-0.2, -0.15) is 0 Å². The molecule has 2 aromatic rings. The van der Waals surface area contributed by atoms with E-state index in [0.717, 1.165) is 29.7 Å². The molecular formula is C18H19BrN2O. The Morgan fingerprint density at radius 1 is 1.14 bits per heavy atom. The molecule has 0 aromatic heterocycles. The van der Waals surface area contributed by atoms with Gasteiger partial charge in [0, 0.05) is 23.2 Å². The van der Waals surface area contributed by atoms with Crippen LogP contribution in [0.15, 0.2) is 53.0 Å². The van der Waals surface area contributed by atoms with Gasteiger partial charge in [-0.1, -0.05) is 40.2 Å². The Morgan fingerprint density at radius 3 is 2.55 bits per heavy atom. The number of carbonyl (C=O) groups excluding carboxylic acids is 1. The number of benzene rings is 2. The topological polar surface area (TPSA) is 32.3 Å². The Balaban J connectivity index is 1.65. The zero-order chi connectivity index (χ0) is 15.5. The monoisotopic (exact) mass is 358 g/mol. The van der Waals surface area contributed by atoms with E-state index in [-0.39, 0.29) is 11.9 Å². The number of anilines is 1. The summed E-state index contributed by atoms with van der Waals surface area (Å²) >= 11 is 3.40. The third-order valence-electron chi connectivity index (χ3n) is 4.20. The van der Waals surface area contributed by atoms with Crippen LogP contribution in [0.1, 0.15) is 18.1 Å². The molecule has 1 aliphatic heterocycles. The van der Waals surface area contributed by atoms with Crippen LogP contribution in [0.2, 0.25) is 0 Å². The molecule has 0 saturated heterocycles. The van der Waals surface area contributed by atoms with E-state index in [9.17, 15) is 4.79 Å². The third kappa shape index (κ3) is 3.39. The van der Waals surface area contributed by atoms with Gasteiger partial charge in [0.05, 0.1) is 6.04 Å². The van der Waals surface area contributed by atoms with Crippen molar-refractivity contribution in [3.05, 3.63) is 64.1 Å². The van der Waals surface area contributed by atoms with Gasteiger partial charge in [-0.05, 0) is 48.7 Å². The average Bonchev–Trinajstić information content (AvgIpc) is 2.55. The van der Waals surface area contributed by atoms with Crippen molar-refractivity contribution in [1.82, 2.24) is 4.90 Å². The van der Waals surface area contributed by atoms with Crippen LogP contribution in [0.25, 0.3) is 0 Å². The van der Waals surface area contributed by atoms with Crippen molar-refractivity contribution in [2.24, 2.45) is 0 Å². The van der Waals surface area contributed by atoms with Gasteiger partial charge in [0.2, 0.25) is 5.91 Å². The molecule has 0 radical (unpaired) electrons. The SMILES string of the molecule is C[C@@H](C(=O)Nc1ccc(Br)cc1)N1CCc2ccccc2C1. The molecule has 0 unspecified atom stereocenters. The van der Waals surface area contributed by atoms with Crippen molar-refractivity contribution in [2.45, 2.75) is 25.9 Å². The zero-order valence-electron chi connectivity index (χ0n) is 12.6. The van der Waals surface area contributed by atoms with E-state index in [2.05, 4.69) is 50.4 Å². The van der Waals surface area contributed by atoms with Gasteiger partial charge < -0.3 is 5.32 Å². The van der Waals surface area contributed by atoms with Crippen LogP contribution in [0.3, 0.4) is 0 Å². The first-order chi connectivity index (χ1) is 10.6. The molecule has 0 aliphatic carbocycles. The minimum absolute atomic E-state index is 0.0432. The molecule has 0 spiro atoms.